The van der Waals surface area contributed by atoms with E-state index in [1.165, 1.54) is 9.80 Å². The van der Waals surface area contributed by atoms with Crippen molar-refractivity contribution in [2.24, 2.45) is 5.41 Å². The second-order valence-corrected chi connectivity index (χ2v) is 8.85. The van der Waals surface area contributed by atoms with Crippen LogP contribution in [0.3, 0.4) is 0 Å². The van der Waals surface area contributed by atoms with Crippen LogP contribution in [0.25, 0.3) is 0 Å². The normalized spacial score (nSPS) is 17.7. The molecule has 0 N–H and O–H groups in total. The van der Waals surface area contributed by atoms with Crippen LogP contribution in [-0.2, 0) is 16.0 Å². The largest absolute Gasteiger partial charge is 0.373 e. The van der Waals surface area contributed by atoms with Crippen LogP contribution in [0.1, 0.15) is 11.1 Å². The van der Waals surface area contributed by atoms with Crippen molar-refractivity contribution in [3.63, 3.8) is 0 Å². The monoisotopic (exact) mass is 441 g/mol. The molecule has 32 heavy (non-hydrogen) atoms. The van der Waals surface area contributed by atoms with Crippen LogP contribution in [-0.4, -0.2) is 30.5 Å². The van der Waals surface area contributed by atoms with Gasteiger partial charge in [-0.15, -0.1) is 0 Å². The lowest BCUT2D eigenvalue weighted by atomic mass is 9.73. The van der Waals surface area contributed by atoms with Crippen LogP contribution in [0.15, 0.2) is 78.9 Å². The molecule has 0 atom stereocenters. The molecule has 0 radical (unpaired) electrons. The van der Waals surface area contributed by atoms with E-state index in [4.69, 9.17) is 12.2 Å². The van der Waals surface area contributed by atoms with E-state index >= 15 is 0 Å². The molecule has 0 bridgehead atoms. The van der Waals surface area contributed by atoms with Crippen LogP contribution in [0.4, 0.5) is 17.1 Å². The fraction of sp³-hybridized carbons (Fsp3) is 0.192. The van der Waals surface area contributed by atoms with Gasteiger partial charge in [-0.25, -0.2) is 0 Å². The van der Waals surface area contributed by atoms with Gasteiger partial charge in [-0.05, 0) is 61.5 Å². The molecule has 5 nitrogen and oxygen atoms in total. The predicted molar refractivity (Wildman–Crippen MR) is 131 cm³/mol. The van der Waals surface area contributed by atoms with Crippen LogP contribution in [0.5, 0.6) is 0 Å². The third kappa shape index (κ3) is 3.02. The Hall–Kier alpha value is -3.51. The number of para-hydroxylation sites is 2. The molecule has 3 aromatic rings. The van der Waals surface area contributed by atoms with Gasteiger partial charge in [0.25, 0.3) is 11.8 Å². The predicted octanol–water partition coefficient (Wildman–Crippen LogP) is 4.34. The number of carbonyl (C=O) groups is 2. The van der Waals surface area contributed by atoms with Gasteiger partial charge in [0.05, 0.1) is 11.4 Å². The summed E-state index contributed by atoms with van der Waals surface area (Å²) in [5.74, 6) is -0.547. The number of hydrogen-bond acceptors (Lipinski definition) is 4. The highest BCUT2D eigenvalue weighted by Gasteiger charge is 2.58. The van der Waals surface area contributed by atoms with Crippen LogP contribution in [0.2, 0.25) is 0 Å². The Morgan fingerprint density at radius 3 is 1.88 bits per heavy atom. The third-order valence-corrected chi connectivity index (χ3v) is 6.65. The van der Waals surface area contributed by atoms with E-state index in [2.05, 4.69) is 18.2 Å². The van der Waals surface area contributed by atoms with Crippen molar-refractivity contribution < 1.29 is 9.59 Å². The highest BCUT2D eigenvalue weighted by molar-refractivity contribution is 7.81. The lowest BCUT2D eigenvalue weighted by Crippen LogP contribution is -2.70. The van der Waals surface area contributed by atoms with Gasteiger partial charge < -0.3 is 4.90 Å². The molecular formula is C26H23N3O2S. The van der Waals surface area contributed by atoms with E-state index in [1.807, 2.05) is 79.5 Å². The Kier molecular flexibility index (Phi) is 4.82. The first kappa shape index (κ1) is 20.4. The Labute approximate surface area is 192 Å². The molecule has 160 valence electrons. The average molecular weight is 442 g/mol. The first-order valence-corrected chi connectivity index (χ1v) is 11.0. The fourth-order valence-electron chi connectivity index (χ4n) is 4.79. The summed E-state index contributed by atoms with van der Waals surface area (Å²) in [5.41, 5.74) is 3.19. The van der Waals surface area contributed by atoms with Crippen LogP contribution >= 0.6 is 12.2 Å². The van der Waals surface area contributed by atoms with Crippen molar-refractivity contribution in [1.82, 2.24) is 0 Å². The molecule has 0 saturated carbocycles. The Balaban J connectivity index is 1.70. The van der Waals surface area contributed by atoms with E-state index in [-0.39, 0.29) is 23.5 Å². The second kappa shape index (κ2) is 7.57. The summed E-state index contributed by atoms with van der Waals surface area (Å²) in [6, 6.07) is 24.8. The minimum atomic E-state index is -1.27. The van der Waals surface area contributed by atoms with Crippen LogP contribution in [0, 0.1) is 12.3 Å². The summed E-state index contributed by atoms with van der Waals surface area (Å²) >= 11 is 5.74. The van der Waals surface area contributed by atoms with Gasteiger partial charge in [0.2, 0.25) is 0 Å². The number of benzene rings is 3. The fourth-order valence-corrected chi connectivity index (χ4v) is 5.17. The van der Waals surface area contributed by atoms with Crippen LogP contribution < -0.4 is 14.7 Å². The first-order chi connectivity index (χ1) is 15.4. The first-order valence-electron chi connectivity index (χ1n) is 10.6. The van der Waals surface area contributed by atoms with E-state index < -0.39 is 5.41 Å². The number of anilines is 3. The zero-order valence-electron chi connectivity index (χ0n) is 18.0. The number of fused-ring (bicyclic) bond motifs is 1. The van der Waals surface area contributed by atoms with Gasteiger partial charge in [0.15, 0.2) is 10.5 Å². The summed E-state index contributed by atoms with van der Waals surface area (Å²) in [5, 5.41) is 0.181. The van der Waals surface area contributed by atoms with Crippen molar-refractivity contribution in [1.29, 1.82) is 0 Å². The van der Waals surface area contributed by atoms with Gasteiger partial charge in [0, 0.05) is 19.3 Å². The summed E-state index contributed by atoms with van der Waals surface area (Å²) in [7, 11) is 1.93. The number of aryl methyl sites for hydroxylation is 1. The SMILES string of the molecule is Cc1ccc2c(c1)CC1(CN2C)C(=O)N(c2ccccc2)C(=S)N(c2ccccc2)C1=O. The van der Waals surface area contributed by atoms with Gasteiger partial charge in [0.1, 0.15) is 0 Å². The molecule has 0 unspecified atom stereocenters. The maximum atomic E-state index is 14.1. The Morgan fingerprint density at radius 2 is 1.34 bits per heavy atom. The van der Waals surface area contributed by atoms with Gasteiger partial charge in [-0.2, -0.15) is 0 Å². The lowest BCUT2D eigenvalue weighted by molar-refractivity contribution is -0.140. The number of carbonyl (C=O) groups excluding carboxylic acids is 2. The molecule has 0 aliphatic carbocycles. The summed E-state index contributed by atoms with van der Waals surface area (Å²) in [6.07, 6.45) is 0.335. The van der Waals surface area contributed by atoms with Gasteiger partial charge in [-0.3, -0.25) is 19.4 Å². The highest BCUT2D eigenvalue weighted by Crippen LogP contribution is 2.43. The molecular weight excluding hydrogens is 418 g/mol. The lowest BCUT2D eigenvalue weighted by Gasteiger charge is -2.49. The maximum Gasteiger partial charge on any atom is 0.251 e. The van der Waals surface area contributed by atoms with Gasteiger partial charge >= 0.3 is 0 Å². The number of nitrogens with zero attached hydrogens (tertiary/aromatic N) is 3. The third-order valence-electron chi connectivity index (χ3n) is 6.28. The number of thiocarbonyl (C=S) groups is 1. The van der Waals surface area contributed by atoms with Crippen molar-refractivity contribution in [2.75, 3.05) is 28.3 Å². The van der Waals surface area contributed by atoms with E-state index in [0.717, 1.165) is 16.8 Å². The molecule has 2 aliphatic rings. The Bertz CT molecular complexity index is 1160. The zero-order valence-corrected chi connectivity index (χ0v) is 18.8. The van der Waals surface area contributed by atoms with Crippen molar-refractivity contribution >= 4 is 46.2 Å². The zero-order chi connectivity index (χ0) is 22.5. The topological polar surface area (TPSA) is 43.9 Å². The molecule has 3 aromatic carbocycles. The average Bonchev–Trinajstić information content (AvgIpc) is 2.79. The Morgan fingerprint density at radius 1 is 0.812 bits per heavy atom. The number of amides is 2. The van der Waals surface area contributed by atoms with Crippen molar-refractivity contribution in [3.8, 4) is 0 Å². The quantitative estimate of drug-likeness (QED) is 0.438. The smallest absolute Gasteiger partial charge is 0.251 e. The van der Waals surface area contributed by atoms with Crippen molar-refractivity contribution in [3.05, 3.63) is 90.0 Å². The standard InChI is InChI=1S/C26H23N3O2S/c1-18-13-14-22-19(15-18)16-26(17-27(22)2)23(30)28(20-9-5-3-6-10-20)25(32)29(24(26)31)21-11-7-4-8-12-21/h3-15H,16-17H2,1-2H3. The maximum absolute atomic E-state index is 14.1. The molecule has 6 heteroatoms. The summed E-state index contributed by atoms with van der Waals surface area (Å²) < 4.78 is 0. The highest BCUT2D eigenvalue weighted by atomic mass is 32.1. The molecule has 1 saturated heterocycles. The van der Waals surface area contributed by atoms with E-state index in [0.29, 0.717) is 17.8 Å². The molecule has 2 aliphatic heterocycles. The molecule has 2 heterocycles. The molecule has 0 aromatic heterocycles. The molecule has 2 amide bonds. The minimum Gasteiger partial charge on any atom is -0.373 e. The number of hydrogen-bond donors (Lipinski definition) is 0. The van der Waals surface area contributed by atoms with E-state index in [1.54, 1.807) is 0 Å². The summed E-state index contributed by atoms with van der Waals surface area (Å²) in [6.45, 7) is 2.31. The van der Waals surface area contributed by atoms with Crippen molar-refractivity contribution in [2.45, 2.75) is 13.3 Å². The minimum absolute atomic E-state index is 0.181. The molecule has 5 rings (SSSR count). The molecule has 1 fully saturated rings. The summed E-state index contributed by atoms with van der Waals surface area (Å²) in [4.78, 5) is 33.3. The number of rotatable bonds is 2. The van der Waals surface area contributed by atoms with E-state index in [9.17, 15) is 9.59 Å². The van der Waals surface area contributed by atoms with Gasteiger partial charge in [-0.1, -0.05) is 54.1 Å². The molecule has 1 spiro atoms. The second-order valence-electron chi connectivity index (χ2n) is 8.48.